The van der Waals surface area contributed by atoms with E-state index in [0.29, 0.717) is 19.3 Å². The van der Waals surface area contributed by atoms with Crippen molar-refractivity contribution >= 4 is 5.90 Å². The monoisotopic (exact) mass is 285 g/mol. The van der Waals surface area contributed by atoms with Gasteiger partial charge in [0.05, 0.1) is 17.7 Å². The van der Waals surface area contributed by atoms with E-state index in [-0.39, 0.29) is 23.6 Å². The van der Waals surface area contributed by atoms with Crippen LogP contribution in [-0.4, -0.2) is 29.3 Å². The first kappa shape index (κ1) is 13.4. The molecule has 1 saturated carbocycles. The lowest BCUT2D eigenvalue weighted by Gasteiger charge is -2.26. The summed E-state index contributed by atoms with van der Waals surface area (Å²) in [7, 11) is 0. The van der Waals surface area contributed by atoms with E-state index in [4.69, 9.17) is 4.74 Å². The summed E-state index contributed by atoms with van der Waals surface area (Å²) in [6, 6.07) is 5.04. The van der Waals surface area contributed by atoms with Crippen LogP contribution in [0, 0.1) is 0 Å². The third kappa shape index (κ3) is 2.40. The SMILES string of the molecule is OC1CCC2OC(c3ccccc3C(F)(F)F)=NC2C1. The van der Waals surface area contributed by atoms with Crippen LogP contribution in [0.15, 0.2) is 29.3 Å². The number of halogens is 3. The Labute approximate surface area is 114 Å². The highest BCUT2D eigenvalue weighted by Gasteiger charge is 2.40. The van der Waals surface area contributed by atoms with E-state index >= 15 is 0 Å². The maximum atomic E-state index is 13.0. The van der Waals surface area contributed by atoms with E-state index in [1.165, 1.54) is 18.2 Å². The minimum Gasteiger partial charge on any atom is -0.472 e. The summed E-state index contributed by atoms with van der Waals surface area (Å²) in [5, 5.41) is 9.59. The second-order valence-electron chi connectivity index (χ2n) is 5.17. The number of aliphatic hydroxyl groups is 1. The largest absolute Gasteiger partial charge is 0.472 e. The quantitative estimate of drug-likeness (QED) is 0.862. The van der Waals surface area contributed by atoms with Gasteiger partial charge in [-0.1, -0.05) is 12.1 Å². The molecule has 0 amide bonds. The van der Waals surface area contributed by atoms with Gasteiger partial charge in [-0.05, 0) is 31.4 Å². The lowest BCUT2D eigenvalue weighted by molar-refractivity contribution is -0.137. The minimum atomic E-state index is -4.43. The molecule has 3 nitrogen and oxygen atoms in total. The second-order valence-corrected chi connectivity index (χ2v) is 5.17. The molecule has 3 rings (SSSR count). The number of ether oxygens (including phenoxy) is 1. The molecule has 1 fully saturated rings. The van der Waals surface area contributed by atoms with Gasteiger partial charge in [0.2, 0.25) is 5.90 Å². The summed E-state index contributed by atoms with van der Waals surface area (Å²) < 4.78 is 44.5. The molecule has 108 valence electrons. The Morgan fingerprint density at radius 3 is 2.70 bits per heavy atom. The van der Waals surface area contributed by atoms with Crippen LogP contribution in [0.1, 0.15) is 30.4 Å². The molecule has 1 N–H and O–H groups in total. The summed E-state index contributed by atoms with van der Waals surface area (Å²) in [6.07, 6.45) is -3.42. The van der Waals surface area contributed by atoms with Crippen molar-refractivity contribution < 1.29 is 23.0 Å². The molecule has 1 aliphatic carbocycles. The fourth-order valence-corrected chi connectivity index (χ4v) is 2.74. The number of hydrogen-bond acceptors (Lipinski definition) is 3. The molecule has 2 aliphatic rings. The van der Waals surface area contributed by atoms with Crippen LogP contribution >= 0.6 is 0 Å². The van der Waals surface area contributed by atoms with Gasteiger partial charge in [-0.2, -0.15) is 13.2 Å². The van der Waals surface area contributed by atoms with Gasteiger partial charge < -0.3 is 9.84 Å². The number of fused-ring (bicyclic) bond motifs is 1. The van der Waals surface area contributed by atoms with Crippen LogP contribution < -0.4 is 0 Å². The number of benzene rings is 1. The third-order valence-corrected chi connectivity index (χ3v) is 3.74. The van der Waals surface area contributed by atoms with Gasteiger partial charge >= 0.3 is 6.18 Å². The van der Waals surface area contributed by atoms with Crippen LogP contribution in [0.2, 0.25) is 0 Å². The summed E-state index contributed by atoms with van der Waals surface area (Å²) >= 11 is 0. The van der Waals surface area contributed by atoms with Crippen molar-refractivity contribution in [2.45, 2.75) is 43.7 Å². The highest BCUT2D eigenvalue weighted by atomic mass is 19.4. The Morgan fingerprint density at radius 1 is 1.20 bits per heavy atom. The zero-order chi connectivity index (χ0) is 14.3. The van der Waals surface area contributed by atoms with Crippen molar-refractivity contribution in [3.63, 3.8) is 0 Å². The van der Waals surface area contributed by atoms with Crippen molar-refractivity contribution in [2.24, 2.45) is 4.99 Å². The fraction of sp³-hybridized carbons (Fsp3) is 0.500. The van der Waals surface area contributed by atoms with Crippen molar-refractivity contribution in [2.75, 3.05) is 0 Å². The molecule has 3 atom stereocenters. The van der Waals surface area contributed by atoms with Crippen LogP contribution in [0.4, 0.5) is 13.2 Å². The van der Waals surface area contributed by atoms with Crippen LogP contribution in [-0.2, 0) is 10.9 Å². The lowest BCUT2D eigenvalue weighted by atomic mass is 9.91. The molecule has 1 aromatic carbocycles. The van der Waals surface area contributed by atoms with E-state index in [0.717, 1.165) is 6.07 Å². The second kappa shape index (κ2) is 4.77. The first-order chi connectivity index (χ1) is 9.45. The number of alkyl halides is 3. The average molecular weight is 285 g/mol. The maximum absolute atomic E-state index is 13.0. The van der Waals surface area contributed by atoms with Crippen molar-refractivity contribution in [3.05, 3.63) is 35.4 Å². The number of nitrogens with zero attached hydrogens (tertiary/aromatic N) is 1. The van der Waals surface area contributed by atoms with Crippen molar-refractivity contribution in [1.82, 2.24) is 0 Å². The topological polar surface area (TPSA) is 41.8 Å². The van der Waals surface area contributed by atoms with E-state index in [2.05, 4.69) is 4.99 Å². The number of aliphatic imine (C=N–C) groups is 1. The van der Waals surface area contributed by atoms with Gasteiger partial charge in [-0.15, -0.1) is 0 Å². The van der Waals surface area contributed by atoms with Crippen LogP contribution in [0.5, 0.6) is 0 Å². The molecule has 0 radical (unpaired) electrons. The lowest BCUT2D eigenvalue weighted by Crippen LogP contribution is -2.33. The predicted molar refractivity (Wildman–Crippen MR) is 66.5 cm³/mol. The molecule has 20 heavy (non-hydrogen) atoms. The summed E-state index contributed by atoms with van der Waals surface area (Å²) in [5.41, 5.74) is -0.762. The van der Waals surface area contributed by atoms with E-state index < -0.39 is 17.8 Å². The molecular formula is C14H14F3NO2. The minimum absolute atomic E-state index is 0.0242. The maximum Gasteiger partial charge on any atom is 0.417 e. The van der Waals surface area contributed by atoms with Crippen molar-refractivity contribution in [3.8, 4) is 0 Å². The summed E-state index contributed by atoms with van der Waals surface area (Å²) in [4.78, 5) is 4.24. The van der Waals surface area contributed by atoms with E-state index in [1.807, 2.05) is 0 Å². The normalized spacial score (nSPS) is 29.6. The standard InChI is InChI=1S/C14H14F3NO2/c15-14(16,17)10-4-2-1-3-9(10)13-18-11-7-8(19)5-6-12(11)20-13/h1-4,8,11-12,19H,5-7H2. The fourth-order valence-electron chi connectivity index (χ4n) is 2.74. The summed E-state index contributed by atoms with van der Waals surface area (Å²) in [5.74, 6) is 0.0435. The number of hydrogen-bond donors (Lipinski definition) is 1. The van der Waals surface area contributed by atoms with Gasteiger partial charge in [0.15, 0.2) is 0 Å². The smallest absolute Gasteiger partial charge is 0.417 e. The Kier molecular flexibility index (Phi) is 3.20. The molecule has 3 unspecified atom stereocenters. The first-order valence-electron chi connectivity index (χ1n) is 6.54. The Hall–Kier alpha value is -1.56. The van der Waals surface area contributed by atoms with E-state index in [9.17, 15) is 18.3 Å². The number of rotatable bonds is 1. The number of aliphatic hydroxyl groups excluding tert-OH is 1. The van der Waals surface area contributed by atoms with Gasteiger partial charge in [-0.3, -0.25) is 0 Å². The highest BCUT2D eigenvalue weighted by Crippen LogP contribution is 2.36. The molecule has 6 heteroatoms. The molecule has 0 saturated heterocycles. The van der Waals surface area contributed by atoms with Crippen LogP contribution in [0.3, 0.4) is 0 Å². The van der Waals surface area contributed by atoms with Gasteiger partial charge in [0.1, 0.15) is 6.10 Å². The predicted octanol–water partition coefficient (Wildman–Crippen LogP) is 2.76. The zero-order valence-corrected chi connectivity index (χ0v) is 10.6. The Morgan fingerprint density at radius 2 is 1.95 bits per heavy atom. The molecule has 0 bridgehead atoms. The zero-order valence-electron chi connectivity index (χ0n) is 10.6. The van der Waals surface area contributed by atoms with E-state index in [1.54, 1.807) is 0 Å². The third-order valence-electron chi connectivity index (χ3n) is 3.74. The van der Waals surface area contributed by atoms with Crippen LogP contribution in [0.25, 0.3) is 0 Å². The van der Waals surface area contributed by atoms with Gasteiger partial charge in [0, 0.05) is 5.56 Å². The molecule has 1 aliphatic heterocycles. The van der Waals surface area contributed by atoms with Gasteiger partial charge in [-0.25, -0.2) is 4.99 Å². The molecule has 0 spiro atoms. The average Bonchev–Trinajstić information content (AvgIpc) is 2.80. The highest BCUT2D eigenvalue weighted by molar-refractivity contribution is 5.97. The Bertz CT molecular complexity index is 541. The molecular weight excluding hydrogens is 271 g/mol. The Balaban J connectivity index is 1.93. The van der Waals surface area contributed by atoms with Crippen molar-refractivity contribution in [1.29, 1.82) is 0 Å². The molecule has 0 aromatic heterocycles. The summed E-state index contributed by atoms with van der Waals surface area (Å²) in [6.45, 7) is 0. The van der Waals surface area contributed by atoms with Gasteiger partial charge in [0.25, 0.3) is 0 Å². The first-order valence-corrected chi connectivity index (χ1v) is 6.54. The molecule has 1 heterocycles. The molecule has 1 aromatic rings.